The lowest BCUT2D eigenvalue weighted by molar-refractivity contribution is 0.101. The summed E-state index contributed by atoms with van der Waals surface area (Å²) in [4.78, 5) is 26.3. The molecule has 2 aromatic rings. The summed E-state index contributed by atoms with van der Waals surface area (Å²) in [6.45, 7) is 1.28. The fourth-order valence-electron chi connectivity index (χ4n) is 1.95. The van der Waals surface area contributed by atoms with Crippen molar-refractivity contribution >= 4 is 22.4 Å². The first-order chi connectivity index (χ1) is 8.57. The summed E-state index contributed by atoms with van der Waals surface area (Å²) in [6.07, 6.45) is 0. The van der Waals surface area contributed by atoms with Gasteiger partial charge in [-0.1, -0.05) is 23.3 Å². The first kappa shape index (κ1) is 11.9. The zero-order valence-electron chi connectivity index (χ0n) is 9.91. The minimum atomic E-state index is -0.455. The molecule has 6 nitrogen and oxygen atoms in total. The highest BCUT2D eigenvalue weighted by Gasteiger charge is 2.17. The second-order valence-electron chi connectivity index (χ2n) is 3.85. The molecule has 0 aliphatic heterocycles. The number of benzene rings is 1. The maximum absolute atomic E-state index is 12.1. The van der Waals surface area contributed by atoms with Crippen LogP contribution in [0.2, 0.25) is 0 Å². The van der Waals surface area contributed by atoms with E-state index in [0.29, 0.717) is 10.9 Å². The van der Waals surface area contributed by atoms with E-state index in [4.69, 9.17) is 5.53 Å². The van der Waals surface area contributed by atoms with E-state index in [9.17, 15) is 9.59 Å². The van der Waals surface area contributed by atoms with Crippen molar-refractivity contribution in [1.29, 1.82) is 0 Å². The Morgan fingerprint density at radius 3 is 2.67 bits per heavy atom. The third-order valence-electron chi connectivity index (χ3n) is 2.77. The highest BCUT2D eigenvalue weighted by Crippen LogP contribution is 2.27. The number of fused-ring (bicyclic) bond motifs is 1. The molecule has 2 rings (SSSR count). The highest BCUT2D eigenvalue weighted by atomic mass is 16.1. The molecule has 1 aromatic carbocycles. The Morgan fingerprint density at radius 1 is 1.39 bits per heavy atom. The number of carbonyl (C=O) groups excluding carboxylic acids is 1. The minimum absolute atomic E-state index is 0.0750. The van der Waals surface area contributed by atoms with Gasteiger partial charge >= 0.3 is 0 Å². The van der Waals surface area contributed by atoms with Crippen molar-refractivity contribution in [3.63, 3.8) is 0 Å². The van der Waals surface area contributed by atoms with Crippen LogP contribution in [0.25, 0.3) is 21.3 Å². The van der Waals surface area contributed by atoms with Crippen molar-refractivity contribution in [1.82, 2.24) is 4.57 Å². The number of Topliss-reactive ketones (excluding diaryl/α,β-unsaturated/α-hetero) is 1. The van der Waals surface area contributed by atoms with Gasteiger partial charge in [-0.05, 0) is 18.5 Å². The topological polar surface area (TPSA) is 87.8 Å². The number of carbonyl (C=O) groups is 1. The molecule has 0 radical (unpaired) electrons. The number of nitrogens with zero attached hydrogens (tertiary/aromatic N) is 4. The van der Waals surface area contributed by atoms with Gasteiger partial charge in [0.1, 0.15) is 0 Å². The molecule has 0 bridgehead atoms. The summed E-state index contributed by atoms with van der Waals surface area (Å²) in [7, 11) is 1.58. The van der Waals surface area contributed by atoms with E-state index in [1.54, 1.807) is 31.3 Å². The maximum Gasteiger partial charge on any atom is 0.262 e. The summed E-state index contributed by atoms with van der Waals surface area (Å²) >= 11 is 0. The van der Waals surface area contributed by atoms with Crippen molar-refractivity contribution in [2.24, 2.45) is 12.2 Å². The molecule has 90 valence electrons. The highest BCUT2D eigenvalue weighted by molar-refractivity contribution is 6.05. The van der Waals surface area contributed by atoms with Crippen LogP contribution in [0, 0.1) is 0 Å². The third-order valence-corrected chi connectivity index (χ3v) is 2.77. The maximum atomic E-state index is 12.1. The molecular weight excluding hydrogens is 232 g/mol. The Balaban J connectivity index is 3.13. The summed E-state index contributed by atoms with van der Waals surface area (Å²) in [6, 6.07) is 6.98. The molecule has 0 amide bonds. The van der Waals surface area contributed by atoms with Gasteiger partial charge in [0.15, 0.2) is 5.78 Å². The van der Waals surface area contributed by atoms with Crippen LogP contribution >= 0.6 is 0 Å². The van der Waals surface area contributed by atoms with Gasteiger partial charge in [-0.3, -0.25) is 9.59 Å². The van der Waals surface area contributed by atoms with E-state index >= 15 is 0 Å². The van der Waals surface area contributed by atoms with Crippen LogP contribution in [0.4, 0.5) is 5.69 Å². The van der Waals surface area contributed by atoms with Gasteiger partial charge in [-0.15, -0.1) is 0 Å². The number of pyridine rings is 1. The number of hydrogen-bond acceptors (Lipinski definition) is 3. The molecule has 1 heterocycles. The van der Waals surface area contributed by atoms with Crippen LogP contribution in [0.15, 0.2) is 34.2 Å². The summed E-state index contributed by atoms with van der Waals surface area (Å²) in [5, 5.41) is 4.09. The van der Waals surface area contributed by atoms with Crippen molar-refractivity contribution in [2.75, 3.05) is 0 Å². The summed E-state index contributed by atoms with van der Waals surface area (Å²) in [5.41, 5.74) is 8.77. The second-order valence-corrected chi connectivity index (χ2v) is 3.85. The molecule has 0 atom stereocenters. The van der Waals surface area contributed by atoms with Crippen molar-refractivity contribution in [2.45, 2.75) is 6.92 Å². The third kappa shape index (κ3) is 1.65. The van der Waals surface area contributed by atoms with E-state index in [1.165, 1.54) is 11.5 Å². The van der Waals surface area contributed by atoms with Gasteiger partial charge in [0.05, 0.1) is 16.8 Å². The Labute approximate surface area is 102 Å². The Kier molecular flexibility index (Phi) is 2.87. The fraction of sp³-hybridized carbons (Fsp3) is 0.167. The van der Waals surface area contributed by atoms with Gasteiger partial charge in [-0.2, -0.15) is 0 Å². The quantitative estimate of drug-likeness (QED) is 0.350. The Bertz CT molecular complexity index is 754. The molecule has 0 saturated carbocycles. The van der Waals surface area contributed by atoms with Gasteiger partial charge in [0.25, 0.3) is 5.56 Å². The molecule has 18 heavy (non-hydrogen) atoms. The van der Waals surface area contributed by atoms with Crippen molar-refractivity contribution < 1.29 is 4.79 Å². The van der Waals surface area contributed by atoms with Gasteiger partial charge in [0, 0.05) is 17.3 Å². The van der Waals surface area contributed by atoms with Crippen LogP contribution in [0.3, 0.4) is 0 Å². The number of aryl methyl sites for hydroxylation is 1. The smallest absolute Gasteiger partial charge is 0.262 e. The molecule has 0 fully saturated rings. The number of hydrogen-bond donors (Lipinski definition) is 0. The van der Waals surface area contributed by atoms with Crippen LogP contribution in [0.5, 0.6) is 0 Å². The van der Waals surface area contributed by atoms with Gasteiger partial charge < -0.3 is 4.57 Å². The average Bonchev–Trinajstić information content (AvgIpc) is 2.35. The van der Waals surface area contributed by atoms with Gasteiger partial charge in [0.2, 0.25) is 0 Å². The van der Waals surface area contributed by atoms with E-state index < -0.39 is 11.3 Å². The minimum Gasteiger partial charge on any atom is -0.311 e. The monoisotopic (exact) mass is 242 g/mol. The van der Waals surface area contributed by atoms with E-state index in [2.05, 4.69) is 10.0 Å². The molecule has 0 unspecified atom stereocenters. The van der Waals surface area contributed by atoms with E-state index in [-0.39, 0.29) is 11.3 Å². The molecular formula is C12H10N4O2. The van der Waals surface area contributed by atoms with Crippen molar-refractivity contribution in [3.8, 4) is 0 Å². The first-order valence-electron chi connectivity index (χ1n) is 5.25. The van der Waals surface area contributed by atoms with Crippen LogP contribution in [-0.4, -0.2) is 10.4 Å². The first-order valence-corrected chi connectivity index (χ1v) is 5.25. The molecule has 0 N–H and O–H groups in total. The average molecular weight is 242 g/mol. The lowest BCUT2D eigenvalue weighted by Gasteiger charge is -2.10. The summed E-state index contributed by atoms with van der Waals surface area (Å²) < 4.78 is 1.38. The lowest BCUT2D eigenvalue weighted by atomic mass is 10.1. The molecule has 0 saturated heterocycles. The lowest BCUT2D eigenvalue weighted by Crippen LogP contribution is -2.23. The molecule has 1 aromatic heterocycles. The zero-order chi connectivity index (χ0) is 13.3. The van der Waals surface area contributed by atoms with E-state index in [0.717, 1.165) is 0 Å². The van der Waals surface area contributed by atoms with Crippen LogP contribution < -0.4 is 5.56 Å². The Hall–Kier alpha value is -2.59. The predicted molar refractivity (Wildman–Crippen MR) is 68.0 cm³/mol. The standard InChI is InChI=1S/C12H10N4O2/c1-7(17)10-11(14-15-13)8-5-3-4-6-9(8)16(2)12(10)18/h3-6H,1-2H3. The number of para-hydroxylation sites is 1. The molecule has 0 aliphatic carbocycles. The SMILES string of the molecule is CC(=O)c1c(N=[N+]=[N-])c2ccccc2n(C)c1=O. The number of rotatable bonds is 2. The molecule has 0 aliphatic rings. The largest absolute Gasteiger partial charge is 0.311 e. The number of ketones is 1. The predicted octanol–water partition coefficient (Wildman–Crippen LogP) is 2.68. The normalized spacial score (nSPS) is 10.1. The van der Waals surface area contributed by atoms with Crippen LogP contribution in [-0.2, 0) is 7.05 Å². The molecule has 6 heteroatoms. The fourth-order valence-corrected chi connectivity index (χ4v) is 1.95. The zero-order valence-corrected chi connectivity index (χ0v) is 9.91. The van der Waals surface area contributed by atoms with Crippen LogP contribution in [0.1, 0.15) is 17.3 Å². The molecule has 0 spiro atoms. The number of aromatic nitrogens is 1. The van der Waals surface area contributed by atoms with E-state index in [1.807, 2.05) is 0 Å². The number of azide groups is 1. The summed E-state index contributed by atoms with van der Waals surface area (Å²) in [5.74, 6) is -0.413. The van der Waals surface area contributed by atoms with Gasteiger partial charge in [-0.25, -0.2) is 0 Å². The van der Waals surface area contributed by atoms with Crippen molar-refractivity contribution in [3.05, 3.63) is 50.6 Å². The second kappa shape index (κ2) is 4.35. The Morgan fingerprint density at radius 2 is 2.06 bits per heavy atom.